The van der Waals surface area contributed by atoms with E-state index in [4.69, 9.17) is 4.74 Å². The molecular formula is C16H17NO3S. The maximum atomic E-state index is 12.8. The Morgan fingerprint density at radius 3 is 3.00 bits per heavy atom. The van der Waals surface area contributed by atoms with Gasteiger partial charge in [0, 0.05) is 17.8 Å². The molecule has 0 fully saturated rings. The van der Waals surface area contributed by atoms with Crippen molar-refractivity contribution in [2.24, 2.45) is 0 Å². The van der Waals surface area contributed by atoms with Gasteiger partial charge in [-0.25, -0.2) is 0 Å². The summed E-state index contributed by atoms with van der Waals surface area (Å²) in [6.45, 7) is 1.42. The molecule has 1 aromatic heterocycles. The molecule has 2 heterocycles. The summed E-state index contributed by atoms with van der Waals surface area (Å²) in [7, 11) is 0. The summed E-state index contributed by atoms with van der Waals surface area (Å²) < 4.78 is 5.61. The minimum absolute atomic E-state index is 0.0486. The van der Waals surface area contributed by atoms with Gasteiger partial charge in [0.05, 0.1) is 25.3 Å². The molecule has 0 radical (unpaired) electrons. The summed E-state index contributed by atoms with van der Waals surface area (Å²) in [5, 5.41) is 11.2. The molecule has 0 atom stereocenters. The fraction of sp³-hybridized carbons (Fsp3) is 0.312. The largest absolute Gasteiger partial charge is 0.492 e. The van der Waals surface area contributed by atoms with Crippen LogP contribution in [0.4, 0.5) is 0 Å². The Labute approximate surface area is 127 Å². The summed E-state index contributed by atoms with van der Waals surface area (Å²) in [5.41, 5.74) is 1.68. The van der Waals surface area contributed by atoms with Gasteiger partial charge in [0.15, 0.2) is 0 Å². The number of hydrogen-bond donors (Lipinski definition) is 1. The molecule has 2 aromatic rings. The van der Waals surface area contributed by atoms with Gasteiger partial charge in [-0.1, -0.05) is 18.2 Å². The Morgan fingerprint density at radius 1 is 1.33 bits per heavy atom. The molecular weight excluding hydrogens is 286 g/mol. The number of aliphatic hydroxyl groups is 1. The third-order valence-electron chi connectivity index (χ3n) is 3.53. The third kappa shape index (κ3) is 2.94. The van der Waals surface area contributed by atoms with E-state index in [9.17, 15) is 9.90 Å². The molecule has 1 N–H and O–H groups in total. The van der Waals surface area contributed by atoms with Gasteiger partial charge in [0.1, 0.15) is 5.75 Å². The van der Waals surface area contributed by atoms with Crippen LogP contribution in [0.15, 0.2) is 35.7 Å². The first-order valence-electron chi connectivity index (χ1n) is 6.97. The van der Waals surface area contributed by atoms with Gasteiger partial charge in [0.25, 0.3) is 5.91 Å². The van der Waals surface area contributed by atoms with E-state index in [1.165, 1.54) is 0 Å². The van der Waals surface area contributed by atoms with E-state index >= 15 is 0 Å². The number of thiophene rings is 1. The molecule has 1 aliphatic heterocycles. The van der Waals surface area contributed by atoms with Crippen LogP contribution < -0.4 is 4.74 Å². The lowest BCUT2D eigenvalue weighted by Crippen LogP contribution is -2.33. The number of hydrogen-bond acceptors (Lipinski definition) is 4. The molecule has 21 heavy (non-hydrogen) atoms. The Morgan fingerprint density at radius 2 is 2.24 bits per heavy atom. The number of ether oxygens (including phenoxy) is 1. The second kappa shape index (κ2) is 6.28. The monoisotopic (exact) mass is 303 g/mol. The van der Waals surface area contributed by atoms with E-state index < -0.39 is 0 Å². The van der Waals surface area contributed by atoms with Crippen molar-refractivity contribution < 1.29 is 14.6 Å². The lowest BCUT2D eigenvalue weighted by molar-refractivity contribution is 0.0706. The standard InChI is InChI=1S/C16H17NO3S/c18-8-7-17(11-13-4-2-10-21-13)16(19)14-5-1-3-12-6-9-20-15(12)14/h1-5,10,18H,6-9,11H2. The molecule has 5 heteroatoms. The molecule has 0 unspecified atom stereocenters. The molecule has 0 aliphatic carbocycles. The first kappa shape index (κ1) is 14.1. The fourth-order valence-electron chi connectivity index (χ4n) is 2.52. The third-order valence-corrected chi connectivity index (χ3v) is 4.39. The van der Waals surface area contributed by atoms with Crippen LogP contribution in [0.3, 0.4) is 0 Å². The smallest absolute Gasteiger partial charge is 0.258 e. The molecule has 0 spiro atoms. The van der Waals surface area contributed by atoms with Crippen molar-refractivity contribution in [1.82, 2.24) is 4.90 Å². The van der Waals surface area contributed by atoms with Gasteiger partial charge in [0.2, 0.25) is 0 Å². The Hall–Kier alpha value is -1.85. The van der Waals surface area contributed by atoms with Crippen LogP contribution in [0.2, 0.25) is 0 Å². The number of aliphatic hydroxyl groups excluding tert-OH is 1. The number of amides is 1. The molecule has 0 bridgehead atoms. The first-order chi connectivity index (χ1) is 10.3. The van der Waals surface area contributed by atoms with Gasteiger partial charge in [-0.2, -0.15) is 0 Å². The van der Waals surface area contributed by atoms with Crippen molar-refractivity contribution in [3.63, 3.8) is 0 Å². The van der Waals surface area contributed by atoms with Crippen molar-refractivity contribution in [2.75, 3.05) is 19.8 Å². The summed E-state index contributed by atoms with van der Waals surface area (Å²) in [4.78, 5) is 15.5. The zero-order valence-electron chi connectivity index (χ0n) is 11.6. The van der Waals surface area contributed by atoms with E-state index in [0.717, 1.165) is 16.9 Å². The highest BCUT2D eigenvalue weighted by Gasteiger charge is 2.24. The lowest BCUT2D eigenvalue weighted by Gasteiger charge is -2.22. The van der Waals surface area contributed by atoms with E-state index in [1.807, 2.05) is 29.6 Å². The maximum absolute atomic E-state index is 12.8. The normalized spacial score (nSPS) is 12.8. The highest BCUT2D eigenvalue weighted by atomic mass is 32.1. The molecule has 110 valence electrons. The maximum Gasteiger partial charge on any atom is 0.258 e. The predicted octanol–water partition coefficient (Wildman–Crippen LogP) is 2.32. The summed E-state index contributed by atoms with van der Waals surface area (Å²) in [5.74, 6) is 0.618. The fourth-order valence-corrected chi connectivity index (χ4v) is 3.24. The first-order valence-corrected chi connectivity index (χ1v) is 7.85. The number of rotatable bonds is 5. The number of fused-ring (bicyclic) bond motifs is 1. The van der Waals surface area contributed by atoms with Crippen LogP contribution in [0, 0.1) is 0 Å². The van der Waals surface area contributed by atoms with E-state index in [1.54, 1.807) is 22.3 Å². The number of carbonyl (C=O) groups is 1. The molecule has 0 saturated carbocycles. The average Bonchev–Trinajstić information content (AvgIpc) is 3.16. The minimum atomic E-state index is -0.0869. The molecule has 1 amide bonds. The number of benzene rings is 1. The van der Waals surface area contributed by atoms with Gasteiger partial charge < -0.3 is 14.7 Å². The van der Waals surface area contributed by atoms with Crippen LogP contribution in [0.1, 0.15) is 20.8 Å². The topological polar surface area (TPSA) is 49.8 Å². The van der Waals surface area contributed by atoms with Crippen LogP contribution in [-0.2, 0) is 13.0 Å². The van der Waals surface area contributed by atoms with Crippen molar-refractivity contribution in [3.05, 3.63) is 51.7 Å². The zero-order chi connectivity index (χ0) is 14.7. The van der Waals surface area contributed by atoms with Gasteiger partial charge in [-0.3, -0.25) is 4.79 Å². The molecule has 0 saturated heterocycles. The molecule has 3 rings (SSSR count). The lowest BCUT2D eigenvalue weighted by atomic mass is 10.1. The zero-order valence-corrected chi connectivity index (χ0v) is 12.4. The van der Waals surface area contributed by atoms with Crippen LogP contribution in [0.5, 0.6) is 5.75 Å². The van der Waals surface area contributed by atoms with Gasteiger partial charge in [-0.15, -0.1) is 11.3 Å². The van der Waals surface area contributed by atoms with E-state index in [-0.39, 0.29) is 12.5 Å². The summed E-state index contributed by atoms with van der Waals surface area (Å²) in [6, 6.07) is 9.64. The van der Waals surface area contributed by atoms with E-state index in [0.29, 0.717) is 31.0 Å². The molecule has 1 aromatic carbocycles. The SMILES string of the molecule is O=C(c1cccc2c1OCC2)N(CCO)Cc1cccs1. The molecule has 1 aliphatic rings. The molecule has 4 nitrogen and oxygen atoms in total. The van der Waals surface area contributed by atoms with E-state index in [2.05, 4.69) is 0 Å². The summed E-state index contributed by atoms with van der Waals surface area (Å²) in [6.07, 6.45) is 0.849. The second-order valence-electron chi connectivity index (χ2n) is 4.92. The Balaban J connectivity index is 1.86. The number of nitrogens with zero attached hydrogens (tertiary/aromatic N) is 1. The number of carbonyl (C=O) groups excluding carboxylic acids is 1. The predicted molar refractivity (Wildman–Crippen MR) is 81.8 cm³/mol. The minimum Gasteiger partial charge on any atom is -0.492 e. The van der Waals surface area contributed by atoms with Gasteiger partial charge in [-0.05, 0) is 23.1 Å². The van der Waals surface area contributed by atoms with Gasteiger partial charge >= 0.3 is 0 Å². The average molecular weight is 303 g/mol. The Kier molecular flexibility index (Phi) is 4.22. The summed E-state index contributed by atoms with van der Waals surface area (Å²) >= 11 is 1.61. The van der Waals surface area contributed by atoms with Crippen molar-refractivity contribution in [1.29, 1.82) is 0 Å². The van der Waals surface area contributed by atoms with Crippen molar-refractivity contribution in [2.45, 2.75) is 13.0 Å². The second-order valence-corrected chi connectivity index (χ2v) is 5.95. The van der Waals surface area contributed by atoms with Crippen LogP contribution in [0.25, 0.3) is 0 Å². The van der Waals surface area contributed by atoms with Crippen LogP contribution in [-0.4, -0.2) is 35.7 Å². The highest BCUT2D eigenvalue weighted by molar-refractivity contribution is 7.09. The quantitative estimate of drug-likeness (QED) is 0.922. The Bertz CT molecular complexity index is 624. The number of para-hydroxylation sites is 1. The highest BCUT2D eigenvalue weighted by Crippen LogP contribution is 2.30. The van der Waals surface area contributed by atoms with Crippen LogP contribution >= 0.6 is 11.3 Å². The van der Waals surface area contributed by atoms with Crippen molar-refractivity contribution in [3.8, 4) is 5.75 Å². The van der Waals surface area contributed by atoms with Crippen molar-refractivity contribution >= 4 is 17.2 Å².